The van der Waals surface area contributed by atoms with E-state index in [1.165, 1.54) is 65.7 Å². The zero-order valence-electron chi connectivity index (χ0n) is 30.8. The van der Waals surface area contributed by atoms with E-state index in [2.05, 4.69) is 100 Å². The quantitative estimate of drug-likeness (QED) is 0.0545. The molecule has 1 radical (unpaired) electrons. The molecule has 0 aliphatic rings. The van der Waals surface area contributed by atoms with Crippen molar-refractivity contribution in [3.05, 3.63) is 102 Å². The van der Waals surface area contributed by atoms with E-state index < -0.39 is 0 Å². The number of hydrogen-bond donors (Lipinski definition) is 1. The van der Waals surface area contributed by atoms with E-state index in [4.69, 9.17) is 4.98 Å². The topological polar surface area (TPSA) is 50.2 Å². The van der Waals surface area contributed by atoms with Crippen molar-refractivity contribution in [1.29, 1.82) is 0 Å². The zero-order chi connectivity index (χ0) is 35.0. The van der Waals surface area contributed by atoms with Crippen molar-refractivity contribution in [2.45, 2.75) is 87.5 Å². The molecule has 0 unspecified atom stereocenters. The van der Waals surface area contributed by atoms with Crippen molar-refractivity contribution in [3.8, 4) is 0 Å². The van der Waals surface area contributed by atoms with Crippen LogP contribution in [0, 0.1) is 30.2 Å². The molecule has 1 N–H and O–H groups in total. The van der Waals surface area contributed by atoms with Crippen LogP contribution < -0.4 is 0 Å². The molecule has 50 heavy (non-hydrogen) atoms. The minimum absolute atomic E-state index is 0. The minimum atomic E-state index is 0. The van der Waals surface area contributed by atoms with Crippen LogP contribution >= 0.6 is 0 Å². The summed E-state index contributed by atoms with van der Waals surface area (Å²) in [6, 6.07) is 28.4. The molecule has 261 valence electrons. The van der Waals surface area contributed by atoms with Crippen LogP contribution in [0.2, 0.25) is 0 Å². The maximum atomic E-state index is 11.7. The summed E-state index contributed by atoms with van der Waals surface area (Å²) in [6.45, 7) is 17.3. The van der Waals surface area contributed by atoms with E-state index in [-0.39, 0.29) is 48.9 Å². The van der Waals surface area contributed by atoms with Gasteiger partial charge in [-0.2, -0.15) is 0 Å². The van der Waals surface area contributed by atoms with E-state index in [9.17, 15) is 9.90 Å². The molecule has 0 saturated heterocycles. The molecule has 1 aromatic heterocycles. The Morgan fingerprint density at radius 1 is 0.760 bits per heavy atom. The van der Waals surface area contributed by atoms with Gasteiger partial charge in [0, 0.05) is 49.7 Å². The number of nitrogens with zero attached hydrogens (tertiary/aromatic N) is 1. The monoisotopic (exact) mass is 841 g/mol. The first-order chi connectivity index (χ1) is 23.5. The Kier molecular flexibility index (Phi) is 11.4. The predicted molar refractivity (Wildman–Crippen MR) is 211 cm³/mol. The van der Waals surface area contributed by atoms with Crippen LogP contribution in [0.4, 0.5) is 0 Å². The van der Waals surface area contributed by atoms with Gasteiger partial charge in [-0.3, -0.25) is 9.78 Å². The van der Waals surface area contributed by atoms with E-state index in [1.54, 1.807) is 0 Å². The van der Waals surface area contributed by atoms with Gasteiger partial charge in [-0.1, -0.05) is 126 Å². The van der Waals surface area contributed by atoms with Gasteiger partial charge in [-0.25, -0.2) is 0 Å². The first-order valence-electron chi connectivity index (χ1n) is 18.2. The Morgan fingerprint density at radius 2 is 1.40 bits per heavy atom. The Hall–Kier alpha value is -3.85. The van der Waals surface area contributed by atoms with Crippen molar-refractivity contribution < 1.29 is 30.0 Å². The third-order valence-corrected chi connectivity index (χ3v) is 10.5. The second-order valence-corrected chi connectivity index (χ2v) is 15.0. The number of pyridine rings is 1. The molecule has 7 aromatic rings. The molecule has 0 aliphatic carbocycles. The molecule has 0 fully saturated rings. The number of aromatic nitrogens is 1. The summed E-state index contributed by atoms with van der Waals surface area (Å²) in [6.07, 6.45) is 7.94. The van der Waals surface area contributed by atoms with E-state index in [1.807, 2.05) is 33.9 Å². The molecule has 0 bridgehead atoms. The number of carbonyl (C=O) groups is 1. The van der Waals surface area contributed by atoms with Crippen molar-refractivity contribution in [3.63, 3.8) is 0 Å². The number of aliphatic hydroxyl groups is 1. The molecule has 0 spiro atoms. The molecular weight excluding hydrogens is 791 g/mol. The normalized spacial score (nSPS) is 12.5. The minimum Gasteiger partial charge on any atom is -0.512 e. The average molecular weight is 841 g/mol. The van der Waals surface area contributed by atoms with Gasteiger partial charge in [0.2, 0.25) is 0 Å². The van der Waals surface area contributed by atoms with E-state index in [0.717, 1.165) is 48.4 Å². The van der Waals surface area contributed by atoms with Gasteiger partial charge in [-0.05, 0) is 86.9 Å². The fourth-order valence-corrected chi connectivity index (χ4v) is 7.89. The van der Waals surface area contributed by atoms with Crippen LogP contribution in [0.3, 0.4) is 0 Å². The number of carbonyl (C=O) groups excluding carboxylic acids is 1. The van der Waals surface area contributed by atoms with E-state index >= 15 is 0 Å². The van der Waals surface area contributed by atoms with Crippen LogP contribution in [-0.2, 0) is 31.3 Å². The molecule has 0 atom stereocenters. The number of aliphatic hydroxyl groups excluding tert-OH is 1. The summed E-state index contributed by atoms with van der Waals surface area (Å²) < 4.78 is 0. The summed E-state index contributed by atoms with van der Waals surface area (Å²) in [7, 11) is 0. The first kappa shape index (κ1) is 37.4. The zero-order valence-corrected chi connectivity index (χ0v) is 33.2. The fourth-order valence-electron chi connectivity index (χ4n) is 7.89. The smallest absolute Gasteiger partial charge is 0.162 e. The Bertz CT molecular complexity index is 2340. The SMILES string of the molecule is CCC(CC)C(=O)/C=C(\O)C(CC)CC.Cc1c2ccccc2[c-]c2c3nccc4c5ccc(CC(C)(C)C)cc5c5cccc(c12)c5c43.[Ir]. The van der Waals surface area contributed by atoms with Gasteiger partial charge < -0.3 is 5.11 Å². The van der Waals surface area contributed by atoms with Gasteiger partial charge in [-0.15, -0.1) is 23.1 Å². The number of allylic oxidation sites excluding steroid dienone is 2. The molecular formula is C46H50IrNO2-. The molecule has 4 heteroatoms. The van der Waals surface area contributed by atoms with Gasteiger partial charge >= 0.3 is 0 Å². The Labute approximate surface area is 310 Å². The maximum Gasteiger partial charge on any atom is 0.162 e. The summed E-state index contributed by atoms with van der Waals surface area (Å²) in [5, 5.41) is 23.8. The fraction of sp³-hybridized carbons (Fsp3) is 0.348. The van der Waals surface area contributed by atoms with Gasteiger partial charge in [0.25, 0.3) is 0 Å². The third kappa shape index (κ3) is 6.90. The predicted octanol–water partition coefficient (Wildman–Crippen LogP) is 13.0. The second-order valence-electron chi connectivity index (χ2n) is 15.0. The molecule has 7 rings (SSSR count). The molecule has 0 amide bonds. The van der Waals surface area contributed by atoms with Crippen molar-refractivity contribution >= 4 is 70.5 Å². The van der Waals surface area contributed by atoms with Gasteiger partial charge in [0.15, 0.2) is 5.78 Å². The van der Waals surface area contributed by atoms with Crippen LogP contribution in [0.25, 0.3) is 64.8 Å². The van der Waals surface area contributed by atoms with Crippen LogP contribution in [0.1, 0.15) is 85.3 Å². The first-order valence-corrected chi connectivity index (χ1v) is 18.2. The Morgan fingerprint density at radius 3 is 2.08 bits per heavy atom. The number of hydrogen-bond acceptors (Lipinski definition) is 3. The molecule has 3 nitrogen and oxygen atoms in total. The van der Waals surface area contributed by atoms with Crippen molar-refractivity contribution in [1.82, 2.24) is 4.98 Å². The number of aryl methyl sites for hydroxylation is 1. The summed E-state index contributed by atoms with van der Waals surface area (Å²) >= 11 is 0. The summed E-state index contributed by atoms with van der Waals surface area (Å²) in [5.74, 6) is 0.547. The van der Waals surface area contributed by atoms with Gasteiger partial charge in [0.1, 0.15) is 0 Å². The Balaban J connectivity index is 0.000000261. The van der Waals surface area contributed by atoms with Crippen LogP contribution in [-0.4, -0.2) is 15.9 Å². The average Bonchev–Trinajstić information content (AvgIpc) is 3.08. The number of benzene rings is 6. The van der Waals surface area contributed by atoms with E-state index in [0.29, 0.717) is 0 Å². The van der Waals surface area contributed by atoms with Gasteiger partial charge in [0.05, 0.1) is 5.76 Å². The second kappa shape index (κ2) is 15.2. The standard InChI is InChI=1S/C33H26N.C13H24O2.Ir/c1-19-22-9-6-5-8-21(22)17-28-29(19)26-11-7-10-24-27-16-20(18-33(2,3)4)12-13-23(27)25-14-15-34-32(28)31(25)30(24)26;1-5-10(6-2)12(14)9-13(15)11(7-3)8-4;/h5-16H,18H2,1-4H3;9-11,14H,5-8H2,1-4H3;/q-1;;/b;12-9-;. The molecule has 0 saturated carbocycles. The molecule has 0 aliphatic heterocycles. The summed E-state index contributed by atoms with van der Waals surface area (Å²) in [5.41, 5.74) is 4.02. The maximum absolute atomic E-state index is 11.7. The van der Waals surface area contributed by atoms with Crippen molar-refractivity contribution in [2.24, 2.45) is 17.3 Å². The number of rotatable bonds is 8. The van der Waals surface area contributed by atoms with Crippen molar-refractivity contribution in [2.75, 3.05) is 0 Å². The number of fused-ring (bicyclic) bond motifs is 7. The molecule has 1 heterocycles. The third-order valence-electron chi connectivity index (χ3n) is 10.5. The van der Waals surface area contributed by atoms with Crippen LogP contribution in [0.15, 0.2) is 84.8 Å². The van der Waals surface area contributed by atoms with Crippen LogP contribution in [0.5, 0.6) is 0 Å². The molecule has 6 aromatic carbocycles. The number of ketones is 1. The largest absolute Gasteiger partial charge is 0.512 e. The summed E-state index contributed by atoms with van der Waals surface area (Å²) in [4.78, 5) is 16.7.